The summed E-state index contributed by atoms with van der Waals surface area (Å²) in [5, 5.41) is 11.8. The summed E-state index contributed by atoms with van der Waals surface area (Å²) in [6.45, 7) is 0.529. The molecule has 2 heterocycles. The van der Waals surface area contributed by atoms with E-state index in [0.717, 1.165) is 11.3 Å². The smallest absolute Gasteiger partial charge is 0.305 e. The highest BCUT2D eigenvalue weighted by Crippen LogP contribution is 2.34. The van der Waals surface area contributed by atoms with Crippen LogP contribution < -0.4 is 5.32 Å². The van der Waals surface area contributed by atoms with Gasteiger partial charge in [-0.25, -0.2) is 0 Å². The predicted molar refractivity (Wildman–Crippen MR) is 87.5 cm³/mol. The second-order valence-electron chi connectivity index (χ2n) is 5.75. The lowest BCUT2D eigenvalue weighted by Crippen LogP contribution is -2.49. The van der Waals surface area contributed by atoms with Crippen molar-refractivity contribution < 1.29 is 19.5 Å². The fourth-order valence-corrected chi connectivity index (χ4v) is 4.21. The number of hydrogen-bond acceptors (Lipinski definition) is 4. The molecule has 0 saturated carbocycles. The molecule has 23 heavy (non-hydrogen) atoms. The molecule has 1 saturated heterocycles. The zero-order chi connectivity index (χ0) is 16.4. The first kappa shape index (κ1) is 15.9. The van der Waals surface area contributed by atoms with E-state index in [4.69, 9.17) is 5.11 Å². The summed E-state index contributed by atoms with van der Waals surface area (Å²) in [6, 6.07) is 6.99. The summed E-state index contributed by atoms with van der Waals surface area (Å²) in [4.78, 5) is 37.6. The number of nitrogens with zero attached hydrogens (tertiary/aromatic N) is 1. The van der Waals surface area contributed by atoms with Gasteiger partial charge >= 0.3 is 5.97 Å². The summed E-state index contributed by atoms with van der Waals surface area (Å²) in [5.41, 5.74) is 1.48. The highest BCUT2D eigenvalue weighted by molar-refractivity contribution is 7.99. The van der Waals surface area contributed by atoms with Crippen molar-refractivity contribution in [2.75, 3.05) is 23.4 Å². The molecule has 0 spiro atoms. The van der Waals surface area contributed by atoms with Crippen molar-refractivity contribution in [1.82, 2.24) is 4.90 Å². The molecule has 2 aliphatic rings. The van der Waals surface area contributed by atoms with E-state index >= 15 is 0 Å². The Labute approximate surface area is 138 Å². The quantitative estimate of drug-likeness (QED) is 0.875. The molecule has 0 bridgehead atoms. The number of benzene rings is 1. The van der Waals surface area contributed by atoms with Crippen molar-refractivity contribution in [2.45, 2.75) is 24.8 Å². The Morgan fingerprint density at radius 1 is 1.35 bits per heavy atom. The van der Waals surface area contributed by atoms with E-state index in [9.17, 15) is 14.4 Å². The van der Waals surface area contributed by atoms with E-state index < -0.39 is 11.9 Å². The van der Waals surface area contributed by atoms with Crippen LogP contribution in [0, 0.1) is 0 Å². The molecule has 0 radical (unpaired) electrons. The average Bonchev–Trinajstić information content (AvgIpc) is 2.53. The van der Waals surface area contributed by atoms with E-state index in [2.05, 4.69) is 5.32 Å². The van der Waals surface area contributed by atoms with Crippen LogP contribution in [0.25, 0.3) is 0 Å². The van der Waals surface area contributed by atoms with Gasteiger partial charge in [-0.2, -0.15) is 11.8 Å². The van der Waals surface area contributed by atoms with Crippen LogP contribution in [0.3, 0.4) is 0 Å². The van der Waals surface area contributed by atoms with E-state index in [-0.39, 0.29) is 30.7 Å². The van der Waals surface area contributed by atoms with Crippen LogP contribution >= 0.6 is 11.8 Å². The molecule has 0 aliphatic carbocycles. The van der Waals surface area contributed by atoms with Gasteiger partial charge in [0.25, 0.3) is 0 Å². The molecular formula is C16H18N2O4S. The van der Waals surface area contributed by atoms with Crippen molar-refractivity contribution in [3.05, 3.63) is 29.8 Å². The number of aliphatic carboxylic acids is 1. The van der Waals surface area contributed by atoms with Gasteiger partial charge in [0.15, 0.2) is 0 Å². The SMILES string of the molecule is O=C(O)CC1CSCCN1C(=O)C1CC(=O)Nc2ccccc21. The maximum atomic E-state index is 13.0. The number of carboxylic acids is 1. The molecule has 0 aromatic heterocycles. The van der Waals surface area contributed by atoms with E-state index in [1.165, 1.54) is 0 Å². The molecule has 122 valence electrons. The number of fused-ring (bicyclic) bond motifs is 1. The van der Waals surface area contributed by atoms with Crippen LogP contribution in [0.1, 0.15) is 24.3 Å². The van der Waals surface area contributed by atoms with Gasteiger partial charge in [-0.1, -0.05) is 18.2 Å². The Morgan fingerprint density at radius 3 is 2.91 bits per heavy atom. The zero-order valence-electron chi connectivity index (χ0n) is 12.5. The summed E-state index contributed by atoms with van der Waals surface area (Å²) in [7, 11) is 0. The summed E-state index contributed by atoms with van der Waals surface area (Å²) < 4.78 is 0. The van der Waals surface area contributed by atoms with Crippen LogP contribution in [-0.2, 0) is 14.4 Å². The molecule has 1 aromatic carbocycles. The Balaban J connectivity index is 1.86. The third kappa shape index (κ3) is 3.34. The van der Waals surface area contributed by atoms with Gasteiger partial charge in [-0.15, -0.1) is 0 Å². The monoisotopic (exact) mass is 334 g/mol. The molecule has 2 aliphatic heterocycles. The maximum absolute atomic E-state index is 13.0. The van der Waals surface area contributed by atoms with E-state index in [1.807, 2.05) is 18.2 Å². The molecule has 1 fully saturated rings. The number of anilines is 1. The third-order valence-corrected chi connectivity index (χ3v) is 5.31. The summed E-state index contributed by atoms with van der Waals surface area (Å²) in [6.07, 6.45) is 0.0542. The Morgan fingerprint density at radius 2 is 2.13 bits per heavy atom. The van der Waals surface area contributed by atoms with E-state index in [1.54, 1.807) is 22.7 Å². The summed E-state index contributed by atoms with van der Waals surface area (Å²) in [5.74, 6) is -0.334. The van der Waals surface area contributed by atoms with Crippen LogP contribution in [0.4, 0.5) is 5.69 Å². The highest BCUT2D eigenvalue weighted by atomic mass is 32.2. The van der Waals surface area contributed by atoms with E-state index in [0.29, 0.717) is 18.0 Å². The van der Waals surface area contributed by atoms with Gasteiger partial charge in [-0.3, -0.25) is 14.4 Å². The third-order valence-electron chi connectivity index (χ3n) is 4.22. The maximum Gasteiger partial charge on any atom is 0.305 e. The molecule has 7 heteroatoms. The lowest BCUT2D eigenvalue weighted by Gasteiger charge is -2.38. The molecule has 1 aromatic rings. The Bertz CT molecular complexity index is 649. The topological polar surface area (TPSA) is 86.7 Å². The molecular weight excluding hydrogens is 316 g/mol. The van der Waals surface area contributed by atoms with Crippen molar-refractivity contribution in [3.63, 3.8) is 0 Å². The zero-order valence-corrected chi connectivity index (χ0v) is 13.3. The lowest BCUT2D eigenvalue weighted by molar-refractivity contribution is -0.141. The first-order valence-corrected chi connectivity index (χ1v) is 8.70. The minimum Gasteiger partial charge on any atom is -0.481 e. The Hall–Kier alpha value is -2.02. The number of carbonyl (C=O) groups excluding carboxylic acids is 2. The number of nitrogens with one attached hydrogen (secondary N) is 1. The van der Waals surface area contributed by atoms with Gasteiger partial charge in [-0.05, 0) is 11.6 Å². The number of thioether (sulfide) groups is 1. The van der Waals surface area contributed by atoms with Crippen molar-refractivity contribution in [2.24, 2.45) is 0 Å². The molecule has 2 N–H and O–H groups in total. The van der Waals surface area contributed by atoms with Crippen molar-refractivity contribution in [1.29, 1.82) is 0 Å². The van der Waals surface area contributed by atoms with Gasteiger partial charge in [0.2, 0.25) is 11.8 Å². The van der Waals surface area contributed by atoms with Crippen molar-refractivity contribution >= 4 is 35.2 Å². The molecule has 6 nitrogen and oxygen atoms in total. The van der Waals surface area contributed by atoms with Crippen LogP contribution in [0.5, 0.6) is 0 Å². The summed E-state index contributed by atoms with van der Waals surface area (Å²) >= 11 is 1.66. The number of para-hydroxylation sites is 1. The highest BCUT2D eigenvalue weighted by Gasteiger charge is 2.37. The van der Waals surface area contributed by atoms with Crippen LogP contribution in [0.15, 0.2) is 24.3 Å². The average molecular weight is 334 g/mol. The number of rotatable bonds is 3. The van der Waals surface area contributed by atoms with Gasteiger partial charge < -0.3 is 15.3 Å². The molecule has 2 unspecified atom stereocenters. The second kappa shape index (κ2) is 6.62. The number of amides is 2. The van der Waals surface area contributed by atoms with Crippen molar-refractivity contribution in [3.8, 4) is 0 Å². The minimum absolute atomic E-state index is 0.0562. The number of hydrogen-bond donors (Lipinski definition) is 2. The standard InChI is InChI=1S/C16H18N2O4S/c19-14-8-12(11-3-1-2-4-13(11)17-14)16(22)18-5-6-23-9-10(18)7-15(20)21/h1-4,10,12H,5-9H2,(H,17,19)(H,20,21). The molecule has 2 atom stereocenters. The number of carbonyl (C=O) groups is 3. The Kier molecular flexibility index (Phi) is 4.56. The van der Waals surface area contributed by atoms with Gasteiger partial charge in [0.05, 0.1) is 18.4 Å². The largest absolute Gasteiger partial charge is 0.481 e. The second-order valence-corrected chi connectivity index (χ2v) is 6.90. The predicted octanol–water partition coefficient (Wildman–Crippen LogP) is 1.53. The minimum atomic E-state index is -0.905. The first-order valence-electron chi connectivity index (χ1n) is 7.55. The van der Waals surface area contributed by atoms with Crippen LogP contribution in [-0.4, -0.2) is 51.9 Å². The number of carboxylic acid groups (broad SMARTS) is 1. The molecule has 2 amide bonds. The lowest BCUT2D eigenvalue weighted by atomic mass is 9.89. The fourth-order valence-electron chi connectivity index (χ4n) is 3.15. The first-order chi connectivity index (χ1) is 11.1. The molecule has 3 rings (SSSR count). The van der Waals surface area contributed by atoms with Crippen LogP contribution in [0.2, 0.25) is 0 Å². The normalized spacial score (nSPS) is 23.8. The van der Waals surface area contributed by atoms with Gasteiger partial charge in [0, 0.05) is 30.2 Å². The fraction of sp³-hybridized carbons (Fsp3) is 0.438. The van der Waals surface area contributed by atoms with Gasteiger partial charge in [0.1, 0.15) is 0 Å².